The molecule has 0 saturated heterocycles. The number of carbonyl (C=O) groups excluding carboxylic acids is 2. The van der Waals surface area contributed by atoms with Crippen LogP contribution in [0.3, 0.4) is 0 Å². The highest BCUT2D eigenvalue weighted by molar-refractivity contribution is 9.10. The first-order chi connectivity index (χ1) is 10.5. The Morgan fingerprint density at radius 2 is 1.78 bits per heavy atom. The molecule has 0 aliphatic rings. The van der Waals surface area contributed by atoms with Gasteiger partial charge in [-0.3, -0.25) is 0 Å². The molecular weight excluding hydrogens is 362 g/mol. The minimum absolute atomic E-state index is 0.313. The van der Waals surface area contributed by atoms with Gasteiger partial charge in [-0.15, -0.1) is 0 Å². The second kappa shape index (κ2) is 7.81. The molecule has 5 nitrogen and oxygen atoms in total. The van der Waals surface area contributed by atoms with Crippen LogP contribution in [0.4, 0.5) is 4.79 Å². The Hall–Kier alpha value is -1.56. The Bertz CT molecular complexity index is 593. The standard InChI is InChI=1S/C17H24BrNO4/c1-10-7-12(13(18)8-11(10)2)9-14(15(20)22-6)19-16(21)23-17(3,4)5/h7-8,14H,9H2,1-6H3,(H,19,21)/t14-/m0/s1. The maximum absolute atomic E-state index is 12.0. The smallest absolute Gasteiger partial charge is 0.408 e. The summed E-state index contributed by atoms with van der Waals surface area (Å²) in [5, 5.41) is 2.58. The van der Waals surface area contributed by atoms with E-state index in [0.29, 0.717) is 6.42 Å². The number of methoxy groups -OCH3 is 1. The molecule has 0 heterocycles. The highest BCUT2D eigenvalue weighted by Gasteiger charge is 2.26. The summed E-state index contributed by atoms with van der Waals surface area (Å²) in [5.74, 6) is -0.513. The third kappa shape index (κ3) is 6.22. The van der Waals surface area contributed by atoms with Crippen molar-refractivity contribution >= 4 is 28.0 Å². The van der Waals surface area contributed by atoms with Crippen molar-refractivity contribution in [1.29, 1.82) is 0 Å². The van der Waals surface area contributed by atoms with Crippen LogP contribution in [0.15, 0.2) is 16.6 Å². The van der Waals surface area contributed by atoms with Crippen molar-refractivity contribution < 1.29 is 19.1 Å². The largest absolute Gasteiger partial charge is 0.467 e. The monoisotopic (exact) mass is 385 g/mol. The van der Waals surface area contributed by atoms with Crippen molar-refractivity contribution in [3.05, 3.63) is 33.3 Å². The number of benzene rings is 1. The molecule has 1 aromatic rings. The van der Waals surface area contributed by atoms with E-state index in [1.165, 1.54) is 7.11 Å². The number of aryl methyl sites for hydroxylation is 2. The highest BCUT2D eigenvalue weighted by Crippen LogP contribution is 2.23. The van der Waals surface area contributed by atoms with E-state index in [4.69, 9.17) is 9.47 Å². The minimum Gasteiger partial charge on any atom is -0.467 e. The first-order valence-corrected chi connectivity index (χ1v) is 8.15. The highest BCUT2D eigenvalue weighted by atomic mass is 79.9. The molecule has 0 fully saturated rings. The lowest BCUT2D eigenvalue weighted by molar-refractivity contribution is -0.143. The van der Waals surface area contributed by atoms with Gasteiger partial charge in [-0.1, -0.05) is 22.0 Å². The molecule has 128 valence electrons. The van der Waals surface area contributed by atoms with E-state index in [-0.39, 0.29) is 0 Å². The minimum atomic E-state index is -0.812. The molecule has 0 saturated carbocycles. The number of esters is 1. The maximum Gasteiger partial charge on any atom is 0.408 e. The van der Waals surface area contributed by atoms with E-state index < -0.39 is 23.7 Å². The van der Waals surface area contributed by atoms with Crippen molar-refractivity contribution in [3.63, 3.8) is 0 Å². The first-order valence-electron chi connectivity index (χ1n) is 7.36. The van der Waals surface area contributed by atoms with Crippen LogP contribution in [0.25, 0.3) is 0 Å². The van der Waals surface area contributed by atoms with Gasteiger partial charge < -0.3 is 14.8 Å². The second-order valence-electron chi connectivity index (χ2n) is 6.45. The Kier molecular flexibility index (Phi) is 6.62. The van der Waals surface area contributed by atoms with E-state index in [0.717, 1.165) is 21.2 Å². The maximum atomic E-state index is 12.0. The molecule has 0 unspecified atom stereocenters. The molecule has 0 radical (unpaired) electrons. The summed E-state index contributed by atoms with van der Waals surface area (Å²) >= 11 is 3.50. The predicted octanol–water partition coefficient (Wildman–Crippen LogP) is 3.67. The van der Waals surface area contributed by atoms with Crippen LogP contribution in [-0.2, 0) is 20.7 Å². The molecule has 1 aromatic carbocycles. The molecule has 0 aliphatic heterocycles. The van der Waals surface area contributed by atoms with Crippen molar-refractivity contribution in [1.82, 2.24) is 5.32 Å². The summed E-state index contributed by atoms with van der Waals surface area (Å²) in [6, 6.07) is 3.17. The average molecular weight is 386 g/mol. The lowest BCUT2D eigenvalue weighted by Crippen LogP contribution is -2.45. The molecular formula is C17H24BrNO4. The van der Waals surface area contributed by atoms with Crippen molar-refractivity contribution in [3.8, 4) is 0 Å². The van der Waals surface area contributed by atoms with Gasteiger partial charge in [0, 0.05) is 10.9 Å². The van der Waals surface area contributed by atoms with Crippen molar-refractivity contribution in [2.24, 2.45) is 0 Å². The fraction of sp³-hybridized carbons (Fsp3) is 0.529. The summed E-state index contributed by atoms with van der Waals surface area (Å²) in [6.45, 7) is 9.30. The first kappa shape index (κ1) is 19.5. The van der Waals surface area contributed by atoms with Gasteiger partial charge in [0.1, 0.15) is 11.6 Å². The number of nitrogens with one attached hydrogen (secondary N) is 1. The van der Waals surface area contributed by atoms with Crippen molar-refractivity contribution in [2.75, 3.05) is 7.11 Å². The van der Waals surface area contributed by atoms with Crippen LogP contribution in [-0.4, -0.2) is 30.8 Å². The number of halogens is 1. The molecule has 1 N–H and O–H groups in total. The number of hydrogen-bond acceptors (Lipinski definition) is 4. The third-order valence-corrected chi connectivity index (χ3v) is 4.00. The number of ether oxygens (including phenoxy) is 2. The zero-order chi connectivity index (χ0) is 17.8. The summed E-state index contributed by atoms with van der Waals surface area (Å²) in [7, 11) is 1.29. The van der Waals surface area contributed by atoms with E-state index in [1.807, 2.05) is 26.0 Å². The lowest BCUT2D eigenvalue weighted by atomic mass is 10.0. The zero-order valence-electron chi connectivity index (χ0n) is 14.5. The van der Waals surface area contributed by atoms with E-state index in [1.54, 1.807) is 20.8 Å². The Morgan fingerprint density at radius 1 is 1.22 bits per heavy atom. The molecule has 1 rings (SSSR count). The fourth-order valence-corrected chi connectivity index (χ4v) is 2.62. The van der Waals surface area contributed by atoms with Gasteiger partial charge >= 0.3 is 12.1 Å². The molecule has 6 heteroatoms. The Labute approximate surface area is 145 Å². The van der Waals surface area contributed by atoms with E-state index in [9.17, 15) is 9.59 Å². The lowest BCUT2D eigenvalue weighted by Gasteiger charge is -2.23. The molecule has 1 atom stereocenters. The molecule has 0 aromatic heterocycles. The molecule has 0 bridgehead atoms. The average Bonchev–Trinajstić information content (AvgIpc) is 2.40. The molecule has 1 amide bonds. The number of rotatable bonds is 4. The number of amides is 1. The summed E-state index contributed by atoms with van der Waals surface area (Å²) in [4.78, 5) is 23.9. The molecule has 23 heavy (non-hydrogen) atoms. The van der Waals surface area contributed by atoms with Gasteiger partial charge in [0.05, 0.1) is 7.11 Å². The van der Waals surface area contributed by atoms with Crippen LogP contribution in [0.2, 0.25) is 0 Å². The fourth-order valence-electron chi connectivity index (χ4n) is 2.00. The van der Waals surface area contributed by atoms with Gasteiger partial charge in [0.2, 0.25) is 0 Å². The molecule has 0 aliphatic carbocycles. The summed E-state index contributed by atoms with van der Waals surface area (Å²) in [6.07, 6.45) is -0.332. The third-order valence-electron chi connectivity index (χ3n) is 3.26. The van der Waals surface area contributed by atoms with Crippen LogP contribution in [0.5, 0.6) is 0 Å². The molecule has 0 spiro atoms. The number of carbonyl (C=O) groups is 2. The number of hydrogen-bond donors (Lipinski definition) is 1. The van der Waals surface area contributed by atoms with Gasteiger partial charge in [-0.25, -0.2) is 9.59 Å². The van der Waals surface area contributed by atoms with Gasteiger partial charge in [0.25, 0.3) is 0 Å². The van der Waals surface area contributed by atoms with Crippen LogP contribution >= 0.6 is 15.9 Å². The van der Waals surface area contributed by atoms with Crippen LogP contribution in [0.1, 0.15) is 37.5 Å². The van der Waals surface area contributed by atoms with Crippen LogP contribution in [0, 0.1) is 13.8 Å². The number of alkyl carbamates (subject to hydrolysis) is 1. The summed E-state index contributed by atoms with van der Waals surface area (Å²) in [5.41, 5.74) is 2.55. The van der Waals surface area contributed by atoms with Crippen molar-refractivity contribution in [2.45, 2.75) is 52.7 Å². The quantitative estimate of drug-likeness (QED) is 0.802. The van der Waals surface area contributed by atoms with Gasteiger partial charge in [-0.05, 0) is 57.4 Å². The topological polar surface area (TPSA) is 64.6 Å². The normalized spacial score (nSPS) is 12.5. The van der Waals surface area contributed by atoms with Gasteiger partial charge in [0.15, 0.2) is 0 Å². The predicted molar refractivity (Wildman–Crippen MR) is 92.5 cm³/mol. The van der Waals surface area contributed by atoms with E-state index in [2.05, 4.69) is 21.2 Å². The van der Waals surface area contributed by atoms with E-state index >= 15 is 0 Å². The Morgan fingerprint density at radius 3 is 2.30 bits per heavy atom. The Balaban J connectivity index is 2.94. The SMILES string of the molecule is COC(=O)[C@H](Cc1cc(C)c(C)cc1Br)NC(=O)OC(C)(C)C. The zero-order valence-corrected chi connectivity index (χ0v) is 16.0. The summed E-state index contributed by atoms with van der Waals surface area (Å²) < 4.78 is 10.9. The second-order valence-corrected chi connectivity index (χ2v) is 7.31. The van der Waals surface area contributed by atoms with Gasteiger partial charge in [-0.2, -0.15) is 0 Å². The van der Waals surface area contributed by atoms with Crippen LogP contribution < -0.4 is 5.32 Å².